The summed E-state index contributed by atoms with van der Waals surface area (Å²) in [6.07, 6.45) is 0. The Kier molecular flexibility index (Phi) is 7.01. The molecular weight excluding hydrogens is 314 g/mol. The highest BCUT2D eigenvalue weighted by Crippen LogP contribution is 2.08. The van der Waals surface area contributed by atoms with Gasteiger partial charge >= 0.3 is 0 Å². The van der Waals surface area contributed by atoms with Gasteiger partial charge in [-0.2, -0.15) is 0 Å². The van der Waals surface area contributed by atoms with Gasteiger partial charge in [0, 0.05) is 13.1 Å². The molecule has 0 atom stereocenters. The number of aromatic nitrogens is 1. The molecule has 0 unspecified atom stereocenters. The molecule has 0 radical (unpaired) electrons. The molecule has 0 fully saturated rings. The van der Waals surface area contributed by atoms with Gasteiger partial charge in [0.05, 0.1) is 18.8 Å². The van der Waals surface area contributed by atoms with Gasteiger partial charge in [-0.05, 0) is 46.0 Å². The first kappa shape index (κ1) is 19.0. The summed E-state index contributed by atoms with van der Waals surface area (Å²) >= 11 is 0. The third-order valence-corrected chi connectivity index (χ3v) is 3.77. The quantitative estimate of drug-likeness (QED) is 0.598. The second-order valence-electron chi connectivity index (χ2n) is 6.35. The largest absolute Gasteiger partial charge is 0.444 e. The minimum atomic E-state index is 0.516. The minimum absolute atomic E-state index is 0.516. The zero-order chi connectivity index (χ0) is 18.2. The number of hydrogen-bond acceptors (Lipinski definition) is 4. The Hall–Kier alpha value is -2.34. The van der Waals surface area contributed by atoms with E-state index in [1.165, 1.54) is 11.1 Å². The van der Waals surface area contributed by atoms with Crippen LogP contribution in [0.15, 0.2) is 33.7 Å². The topological polar surface area (TPSA) is 65.7 Å². The molecule has 0 amide bonds. The van der Waals surface area contributed by atoms with Gasteiger partial charge in [0.1, 0.15) is 5.76 Å². The van der Waals surface area contributed by atoms with Gasteiger partial charge in [0.25, 0.3) is 0 Å². The maximum Gasteiger partial charge on any atom is 0.214 e. The number of rotatable bonds is 7. The predicted octanol–water partition coefficient (Wildman–Crippen LogP) is 2.61. The highest BCUT2D eigenvalue weighted by molar-refractivity contribution is 5.79. The molecule has 1 heterocycles. The van der Waals surface area contributed by atoms with Gasteiger partial charge in [-0.25, -0.2) is 9.98 Å². The van der Waals surface area contributed by atoms with Crippen molar-refractivity contribution < 1.29 is 4.42 Å². The van der Waals surface area contributed by atoms with Gasteiger partial charge in [-0.15, -0.1) is 0 Å². The lowest BCUT2D eigenvalue weighted by atomic mass is 10.1. The lowest BCUT2D eigenvalue weighted by Gasteiger charge is -2.11. The number of aliphatic imine (C=N–C) groups is 1. The van der Waals surface area contributed by atoms with Crippen molar-refractivity contribution in [2.45, 2.75) is 40.4 Å². The summed E-state index contributed by atoms with van der Waals surface area (Å²) in [5.41, 5.74) is 3.41. The van der Waals surface area contributed by atoms with E-state index in [2.05, 4.69) is 63.9 Å². The van der Waals surface area contributed by atoms with Crippen LogP contribution in [-0.2, 0) is 19.6 Å². The predicted molar refractivity (Wildman–Crippen MR) is 101 cm³/mol. The highest BCUT2D eigenvalue weighted by atomic mass is 16.4. The summed E-state index contributed by atoms with van der Waals surface area (Å²) < 4.78 is 5.59. The van der Waals surface area contributed by atoms with E-state index in [1.807, 2.05) is 20.8 Å². The molecule has 0 saturated heterocycles. The highest BCUT2D eigenvalue weighted by Gasteiger charge is 2.06. The molecule has 0 saturated carbocycles. The molecule has 2 rings (SSSR count). The molecule has 0 aliphatic rings. The number of oxazole rings is 1. The van der Waals surface area contributed by atoms with Crippen LogP contribution >= 0.6 is 0 Å². The van der Waals surface area contributed by atoms with Crippen LogP contribution in [0, 0.1) is 13.8 Å². The van der Waals surface area contributed by atoms with E-state index in [0.29, 0.717) is 19.0 Å². The van der Waals surface area contributed by atoms with E-state index in [9.17, 15) is 0 Å². The van der Waals surface area contributed by atoms with Gasteiger partial charge in [0.2, 0.25) is 5.89 Å². The van der Waals surface area contributed by atoms with Crippen molar-refractivity contribution in [3.05, 3.63) is 52.7 Å². The van der Waals surface area contributed by atoms with Crippen molar-refractivity contribution in [1.29, 1.82) is 0 Å². The summed E-state index contributed by atoms with van der Waals surface area (Å²) in [4.78, 5) is 11.2. The van der Waals surface area contributed by atoms with Crippen molar-refractivity contribution in [2.24, 2.45) is 4.99 Å². The Morgan fingerprint density at radius 2 is 1.80 bits per heavy atom. The summed E-state index contributed by atoms with van der Waals surface area (Å²) in [5, 5.41) is 6.51. The van der Waals surface area contributed by atoms with Crippen LogP contribution < -0.4 is 10.6 Å². The second kappa shape index (κ2) is 9.22. The van der Waals surface area contributed by atoms with E-state index in [0.717, 1.165) is 30.5 Å². The maximum absolute atomic E-state index is 5.59. The van der Waals surface area contributed by atoms with Crippen LogP contribution in [0.5, 0.6) is 0 Å². The van der Waals surface area contributed by atoms with Gasteiger partial charge < -0.3 is 20.0 Å². The number of hydrogen-bond donors (Lipinski definition) is 2. The smallest absolute Gasteiger partial charge is 0.214 e. The van der Waals surface area contributed by atoms with Crippen molar-refractivity contribution >= 4 is 5.96 Å². The zero-order valence-corrected chi connectivity index (χ0v) is 15.9. The SMILES string of the molecule is CCNC(=NCc1ccc(CN(C)C)cc1)NCc1nc(C)c(C)o1. The number of guanidine groups is 1. The van der Waals surface area contributed by atoms with Crippen LogP contribution in [-0.4, -0.2) is 36.5 Å². The third kappa shape index (κ3) is 6.23. The first-order chi connectivity index (χ1) is 12.0. The molecule has 0 aliphatic heterocycles. The molecular formula is C19H29N5O. The van der Waals surface area contributed by atoms with Crippen molar-refractivity contribution in [1.82, 2.24) is 20.5 Å². The van der Waals surface area contributed by atoms with Crippen molar-refractivity contribution in [2.75, 3.05) is 20.6 Å². The van der Waals surface area contributed by atoms with E-state index in [1.54, 1.807) is 0 Å². The average Bonchev–Trinajstić information content (AvgIpc) is 2.89. The van der Waals surface area contributed by atoms with Gasteiger partial charge in [-0.3, -0.25) is 0 Å². The third-order valence-electron chi connectivity index (χ3n) is 3.77. The van der Waals surface area contributed by atoms with Crippen molar-refractivity contribution in [3.8, 4) is 0 Å². The van der Waals surface area contributed by atoms with Crippen LogP contribution in [0.3, 0.4) is 0 Å². The summed E-state index contributed by atoms with van der Waals surface area (Å²) in [6, 6.07) is 8.58. The Morgan fingerprint density at radius 3 is 2.36 bits per heavy atom. The Morgan fingerprint density at radius 1 is 1.12 bits per heavy atom. The molecule has 0 aliphatic carbocycles. The molecule has 136 valence electrons. The minimum Gasteiger partial charge on any atom is -0.444 e. The lowest BCUT2D eigenvalue weighted by Crippen LogP contribution is -2.36. The standard InChI is InChI=1S/C19H29N5O/c1-6-20-19(22-12-18-23-14(2)15(3)25-18)21-11-16-7-9-17(10-8-16)13-24(4)5/h7-10H,6,11-13H2,1-5H3,(H2,20,21,22). The Balaban J connectivity index is 1.94. The molecule has 0 bridgehead atoms. The summed E-state index contributed by atoms with van der Waals surface area (Å²) in [7, 11) is 4.15. The second-order valence-corrected chi connectivity index (χ2v) is 6.35. The molecule has 6 nitrogen and oxygen atoms in total. The van der Waals surface area contributed by atoms with Crippen LogP contribution in [0.25, 0.3) is 0 Å². The first-order valence-corrected chi connectivity index (χ1v) is 8.65. The monoisotopic (exact) mass is 343 g/mol. The van der Waals surface area contributed by atoms with Crippen LogP contribution in [0.4, 0.5) is 0 Å². The van der Waals surface area contributed by atoms with Crippen LogP contribution in [0.2, 0.25) is 0 Å². The number of benzene rings is 1. The molecule has 0 spiro atoms. The Bertz CT molecular complexity index is 669. The first-order valence-electron chi connectivity index (χ1n) is 8.65. The number of aryl methyl sites for hydroxylation is 2. The van der Waals surface area contributed by atoms with E-state index in [4.69, 9.17) is 4.42 Å². The lowest BCUT2D eigenvalue weighted by molar-refractivity contribution is 0.402. The number of nitrogens with zero attached hydrogens (tertiary/aromatic N) is 3. The molecule has 2 aromatic rings. The van der Waals surface area contributed by atoms with Gasteiger partial charge in [-0.1, -0.05) is 24.3 Å². The molecule has 2 N–H and O–H groups in total. The normalized spacial score (nSPS) is 11.8. The number of nitrogens with one attached hydrogen (secondary N) is 2. The van der Waals surface area contributed by atoms with E-state index < -0.39 is 0 Å². The molecule has 25 heavy (non-hydrogen) atoms. The molecule has 6 heteroatoms. The Labute approximate surface area is 150 Å². The zero-order valence-electron chi connectivity index (χ0n) is 15.9. The summed E-state index contributed by atoms with van der Waals surface area (Å²) in [6.45, 7) is 8.81. The summed E-state index contributed by atoms with van der Waals surface area (Å²) in [5.74, 6) is 2.29. The fraction of sp³-hybridized carbons (Fsp3) is 0.474. The van der Waals surface area contributed by atoms with E-state index >= 15 is 0 Å². The van der Waals surface area contributed by atoms with Gasteiger partial charge in [0.15, 0.2) is 5.96 Å². The fourth-order valence-electron chi connectivity index (χ4n) is 2.40. The average molecular weight is 343 g/mol. The van der Waals surface area contributed by atoms with Crippen molar-refractivity contribution in [3.63, 3.8) is 0 Å². The maximum atomic E-state index is 5.59. The van der Waals surface area contributed by atoms with E-state index in [-0.39, 0.29) is 0 Å². The van der Waals surface area contributed by atoms with Crippen LogP contribution in [0.1, 0.15) is 35.4 Å². The molecule has 1 aromatic carbocycles. The fourth-order valence-corrected chi connectivity index (χ4v) is 2.40. The molecule has 1 aromatic heterocycles.